The monoisotopic (exact) mass is 207 g/mol. The van der Waals surface area contributed by atoms with Crippen molar-refractivity contribution < 1.29 is 5.11 Å². The molecule has 4 nitrogen and oxygen atoms in total. The Hall–Kier alpha value is -1.29. The van der Waals surface area contributed by atoms with Crippen molar-refractivity contribution in [3.05, 3.63) is 18.5 Å². The van der Waals surface area contributed by atoms with Crippen molar-refractivity contribution in [2.24, 2.45) is 5.92 Å². The Bertz CT molecular complexity index is 329. The summed E-state index contributed by atoms with van der Waals surface area (Å²) in [7, 11) is 0. The number of nitrogens with one attached hydrogen (secondary N) is 1. The molecule has 4 N–H and O–H groups in total. The number of aromatic nitrogens is 1. The quantitative estimate of drug-likeness (QED) is 0.697. The topological polar surface area (TPSA) is 71.2 Å². The second-order valence-corrected chi connectivity index (χ2v) is 4.15. The van der Waals surface area contributed by atoms with Gasteiger partial charge in [-0.1, -0.05) is 6.42 Å². The summed E-state index contributed by atoms with van der Waals surface area (Å²) in [5.41, 5.74) is 7.20. The van der Waals surface area contributed by atoms with Gasteiger partial charge in [-0.2, -0.15) is 0 Å². The minimum absolute atomic E-state index is 0.147. The van der Waals surface area contributed by atoms with Gasteiger partial charge in [-0.05, 0) is 18.9 Å². The summed E-state index contributed by atoms with van der Waals surface area (Å²) in [4.78, 5) is 4.00. The second kappa shape index (κ2) is 4.49. The summed E-state index contributed by atoms with van der Waals surface area (Å²) in [6.45, 7) is 0.798. The van der Waals surface area contributed by atoms with Crippen LogP contribution in [0, 0.1) is 5.92 Å². The number of anilines is 2. The van der Waals surface area contributed by atoms with Gasteiger partial charge in [-0.15, -0.1) is 0 Å². The van der Waals surface area contributed by atoms with Crippen molar-refractivity contribution in [2.75, 3.05) is 17.6 Å². The average Bonchev–Trinajstić information content (AvgIpc) is 2.61. The molecule has 1 heterocycles. The van der Waals surface area contributed by atoms with Crippen molar-refractivity contribution in [1.29, 1.82) is 0 Å². The lowest BCUT2D eigenvalue weighted by atomic mass is 10.1. The van der Waals surface area contributed by atoms with E-state index in [4.69, 9.17) is 5.73 Å². The van der Waals surface area contributed by atoms with E-state index in [0.717, 1.165) is 31.5 Å². The second-order valence-electron chi connectivity index (χ2n) is 4.15. The predicted molar refractivity (Wildman–Crippen MR) is 60.5 cm³/mol. The van der Waals surface area contributed by atoms with Crippen LogP contribution >= 0.6 is 0 Å². The van der Waals surface area contributed by atoms with E-state index in [1.807, 2.05) is 6.07 Å². The van der Waals surface area contributed by atoms with Crippen molar-refractivity contribution in [3.63, 3.8) is 0 Å². The first-order valence-corrected chi connectivity index (χ1v) is 5.38. The maximum absolute atomic E-state index is 9.64. The smallest absolute Gasteiger partial charge is 0.0585 e. The molecule has 1 aromatic heterocycles. The van der Waals surface area contributed by atoms with E-state index in [9.17, 15) is 5.11 Å². The van der Waals surface area contributed by atoms with E-state index in [1.165, 1.54) is 0 Å². The Morgan fingerprint density at radius 2 is 2.33 bits per heavy atom. The molecule has 2 atom stereocenters. The van der Waals surface area contributed by atoms with Crippen LogP contribution in [0.5, 0.6) is 0 Å². The molecule has 0 saturated heterocycles. The fourth-order valence-corrected chi connectivity index (χ4v) is 2.06. The number of rotatable bonds is 3. The van der Waals surface area contributed by atoms with Gasteiger partial charge in [-0.25, -0.2) is 0 Å². The SMILES string of the molecule is Nc1cncc(NCC2CCCC2O)c1. The standard InChI is InChI=1S/C11H17N3O/c12-9-4-10(7-13-6-9)14-5-8-2-1-3-11(8)15/h4,6-8,11,14-15H,1-3,5,12H2. The van der Waals surface area contributed by atoms with Gasteiger partial charge in [-0.3, -0.25) is 4.98 Å². The van der Waals surface area contributed by atoms with Crippen LogP contribution in [-0.4, -0.2) is 22.7 Å². The Morgan fingerprint density at radius 1 is 1.47 bits per heavy atom. The summed E-state index contributed by atoms with van der Waals surface area (Å²) < 4.78 is 0. The number of hydrogen-bond donors (Lipinski definition) is 3. The summed E-state index contributed by atoms with van der Waals surface area (Å²) in [5.74, 6) is 0.367. The van der Waals surface area contributed by atoms with Crippen LogP contribution in [0.25, 0.3) is 0 Å². The molecular weight excluding hydrogens is 190 g/mol. The highest BCUT2D eigenvalue weighted by atomic mass is 16.3. The fraction of sp³-hybridized carbons (Fsp3) is 0.545. The first kappa shape index (κ1) is 10.2. The Labute approximate surface area is 89.5 Å². The minimum atomic E-state index is -0.147. The Balaban J connectivity index is 1.87. The first-order chi connectivity index (χ1) is 7.25. The zero-order valence-electron chi connectivity index (χ0n) is 8.69. The lowest BCUT2D eigenvalue weighted by Gasteiger charge is -2.15. The lowest BCUT2D eigenvalue weighted by Crippen LogP contribution is -2.21. The van der Waals surface area contributed by atoms with Gasteiger partial charge < -0.3 is 16.2 Å². The normalized spacial score (nSPS) is 25.4. The van der Waals surface area contributed by atoms with Crippen LogP contribution < -0.4 is 11.1 Å². The molecule has 2 rings (SSSR count). The van der Waals surface area contributed by atoms with Gasteiger partial charge in [0.15, 0.2) is 0 Å². The Kier molecular flexibility index (Phi) is 3.06. The molecule has 1 saturated carbocycles. The number of nitrogens with zero attached hydrogens (tertiary/aromatic N) is 1. The summed E-state index contributed by atoms with van der Waals surface area (Å²) in [5, 5.41) is 12.9. The molecule has 15 heavy (non-hydrogen) atoms. The predicted octanol–water partition coefficient (Wildman–Crippen LogP) is 1.24. The van der Waals surface area contributed by atoms with Gasteiger partial charge >= 0.3 is 0 Å². The molecular formula is C11H17N3O. The number of pyridine rings is 1. The first-order valence-electron chi connectivity index (χ1n) is 5.38. The van der Waals surface area contributed by atoms with E-state index in [-0.39, 0.29) is 6.10 Å². The van der Waals surface area contributed by atoms with Gasteiger partial charge in [0.25, 0.3) is 0 Å². The summed E-state index contributed by atoms with van der Waals surface area (Å²) >= 11 is 0. The van der Waals surface area contributed by atoms with Gasteiger partial charge in [0, 0.05) is 18.7 Å². The third-order valence-electron chi connectivity index (χ3n) is 2.95. The average molecular weight is 207 g/mol. The molecule has 0 amide bonds. The molecule has 1 aromatic rings. The highest BCUT2D eigenvalue weighted by Crippen LogP contribution is 2.25. The summed E-state index contributed by atoms with van der Waals surface area (Å²) in [6.07, 6.45) is 6.38. The van der Waals surface area contributed by atoms with Gasteiger partial charge in [0.2, 0.25) is 0 Å². The van der Waals surface area contributed by atoms with Gasteiger partial charge in [0.05, 0.1) is 23.7 Å². The minimum Gasteiger partial charge on any atom is -0.397 e. The molecule has 1 aliphatic rings. The van der Waals surface area contributed by atoms with Gasteiger partial charge in [0.1, 0.15) is 0 Å². The maximum Gasteiger partial charge on any atom is 0.0585 e. The zero-order chi connectivity index (χ0) is 10.7. The molecule has 4 heteroatoms. The van der Waals surface area contributed by atoms with E-state index in [1.54, 1.807) is 12.4 Å². The molecule has 1 fully saturated rings. The number of aliphatic hydroxyl groups excluding tert-OH is 1. The van der Waals surface area contributed by atoms with Crippen LogP contribution in [0.4, 0.5) is 11.4 Å². The zero-order valence-corrected chi connectivity index (χ0v) is 8.69. The maximum atomic E-state index is 9.64. The molecule has 2 unspecified atom stereocenters. The fourth-order valence-electron chi connectivity index (χ4n) is 2.06. The van der Waals surface area contributed by atoms with E-state index < -0.39 is 0 Å². The van der Waals surface area contributed by atoms with E-state index in [2.05, 4.69) is 10.3 Å². The number of nitrogen functional groups attached to an aromatic ring is 1. The molecule has 0 aliphatic heterocycles. The largest absolute Gasteiger partial charge is 0.397 e. The molecule has 0 radical (unpaired) electrons. The molecule has 0 aromatic carbocycles. The number of aliphatic hydroxyl groups is 1. The van der Waals surface area contributed by atoms with Crippen molar-refractivity contribution in [2.45, 2.75) is 25.4 Å². The molecule has 82 valence electrons. The van der Waals surface area contributed by atoms with Crippen LogP contribution in [0.2, 0.25) is 0 Å². The third kappa shape index (κ3) is 2.59. The van der Waals surface area contributed by atoms with Crippen LogP contribution in [0.1, 0.15) is 19.3 Å². The highest BCUT2D eigenvalue weighted by Gasteiger charge is 2.24. The third-order valence-corrected chi connectivity index (χ3v) is 2.95. The van der Waals surface area contributed by atoms with E-state index in [0.29, 0.717) is 11.6 Å². The van der Waals surface area contributed by atoms with Crippen molar-refractivity contribution in [1.82, 2.24) is 4.98 Å². The van der Waals surface area contributed by atoms with Crippen LogP contribution in [0.15, 0.2) is 18.5 Å². The van der Waals surface area contributed by atoms with Crippen LogP contribution in [0.3, 0.4) is 0 Å². The van der Waals surface area contributed by atoms with Crippen molar-refractivity contribution >= 4 is 11.4 Å². The number of nitrogens with two attached hydrogens (primary N) is 1. The van der Waals surface area contributed by atoms with Crippen LogP contribution in [-0.2, 0) is 0 Å². The summed E-state index contributed by atoms with van der Waals surface area (Å²) in [6, 6.07) is 1.86. The van der Waals surface area contributed by atoms with Crippen molar-refractivity contribution in [3.8, 4) is 0 Å². The molecule has 0 spiro atoms. The molecule has 0 bridgehead atoms. The van der Waals surface area contributed by atoms with E-state index >= 15 is 0 Å². The Morgan fingerprint density at radius 3 is 3.00 bits per heavy atom. The number of hydrogen-bond acceptors (Lipinski definition) is 4. The molecule has 1 aliphatic carbocycles. The highest BCUT2D eigenvalue weighted by molar-refractivity contribution is 5.51. The lowest BCUT2D eigenvalue weighted by molar-refractivity contribution is 0.138.